The maximum Gasteiger partial charge on any atom is 0.222 e. The Morgan fingerprint density at radius 2 is 2.07 bits per heavy atom. The third-order valence-corrected chi connectivity index (χ3v) is 5.20. The quantitative estimate of drug-likeness (QED) is 0.549. The number of nitrogens with one attached hydrogen (secondary N) is 2. The predicted octanol–water partition coefficient (Wildman–Crippen LogP) is 1.21. The largest absolute Gasteiger partial charge is 0.364 e. The summed E-state index contributed by atoms with van der Waals surface area (Å²) in [7, 11) is 0. The van der Waals surface area contributed by atoms with Crippen molar-refractivity contribution < 1.29 is 9.32 Å². The van der Waals surface area contributed by atoms with Crippen molar-refractivity contribution in [2.45, 2.75) is 51.6 Å². The van der Waals surface area contributed by atoms with Crippen LogP contribution in [-0.2, 0) is 11.3 Å². The molecule has 0 spiro atoms. The lowest BCUT2D eigenvalue weighted by molar-refractivity contribution is -0.121. The highest BCUT2D eigenvalue weighted by molar-refractivity contribution is 5.81. The van der Waals surface area contributed by atoms with Crippen molar-refractivity contribution in [2.75, 3.05) is 39.3 Å². The first-order valence-electron chi connectivity index (χ1n) is 10.2. The number of guanidine groups is 1. The number of rotatable bonds is 7. The van der Waals surface area contributed by atoms with Crippen LogP contribution in [0.1, 0.15) is 44.7 Å². The lowest BCUT2D eigenvalue weighted by Gasteiger charge is -2.36. The Bertz CT molecular complexity index is 589. The van der Waals surface area contributed by atoms with Crippen molar-refractivity contribution in [3.63, 3.8) is 0 Å². The van der Waals surface area contributed by atoms with Crippen molar-refractivity contribution in [2.24, 2.45) is 4.99 Å². The number of piperazine rings is 1. The molecule has 27 heavy (non-hydrogen) atoms. The van der Waals surface area contributed by atoms with Gasteiger partial charge in [-0.25, -0.2) is 0 Å². The molecule has 0 atom stereocenters. The second-order valence-corrected chi connectivity index (χ2v) is 7.29. The predicted molar refractivity (Wildman–Crippen MR) is 104 cm³/mol. The van der Waals surface area contributed by atoms with Crippen LogP contribution in [0.2, 0.25) is 0 Å². The van der Waals surface area contributed by atoms with Crippen LogP contribution in [-0.4, -0.2) is 72.1 Å². The molecular weight excluding hydrogens is 344 g/mol. The third-order valence-electron chi connectivity index (χ3n) is 5.20. The number of carbonyl (C=O) groups is 1. The number of aromatic nitrogens is 1. The molecule has 0 aromatic carbocycles. The summed E-state index contributed by atoms with van der Waals surface area (Å²) >= 11 is 0. The summed E-state index contributed by atoms with van der Waals surface area (Å²) in [4.78, 5) is 21.4. The van der Waals surface area contributed by atoms with Gasteiger partial charge in [0, 0.05) is 57.8 Å². The molecular formula is C19H32N6O2. The lowest BCUT2D eigenvalue weighted by atomic mass is 10.2. The molecule has 150 valence electrons. The van der Waals surface area contributed by atoms with Crippen LogP contribution in [0.4, 0.5) is 0 Å². The van der Waals surface area contributed by atoms with E-state index in [2.05, 4.69) is 37.5 Å². The van der Waals surface area contributed by atoms with Crippen molar-refractivity contribution in [1.82, 2.24) is 25.6 Å². The number of hydrogen-bond donors (Lipinski definition) is 2. The van der Waals surface area contributed by atoms with Crippen molar-refractivity contribution in [3.05, 3.63) is 18.0 Å². The zero-order valence-electron chi connectivity index (χ0n) is 16.3. The summed E-state index contributed by atoms with van der Waals surface area (Å²) in [5.41, 5.74) is 0.970. The van der Waals surface area contributed by atoms with Crippen LogP contribution in [0.25, 0.3) is 0 Å². The highest BCUT2D eigenvalue weighted by atomic mass is 16.5. The fourth-order valence-corrected chi connectivity index (χ4v) is 3.73. The molecule has 2 N–H and O–H groups in total. The van der Waals surface area contributed by atoms with Gasteiger partial charge in [0.25, 0.3) is 0 Å². The molecule has 0 bridgehead atoms. The van der Waals surface area contributed by atoms with Crippen LogP contribution in [0, 0.1) is 0 Å². The number of aliphatic imine (C=N–C) groups is 1. The average Bonchev–Trinajstić information content (AvgIpc) is 3.36. The Morgan fingerprint density at radius 1 is 1.30 bits per heavy atom. The first-order chi connectivity index (χ1) is 13.2. The number of nitrogens with zero attached hydrogens (tertiary/aromatic N) is 4. The minimum absolute atomic E-state index is 0.124. The Kier molecular flexibility index (Phi) is 7.50. The van der Waals surface area contributed by atoms with Crippen LogP contribution in [0.15, 0.2) is 21.8 Å². The van der Waals surface area contributed by atoms with Crippen LogP contribution in [0.3, 0.4) is 0 Å². The lowest BCUT2D eigenvalue weighted by Crippen LogP contribution is -2.52. The molecule has 8 heteroatoms. The van der Waals surface area contributed by atoms with E-state index in [0.29, 0.717) is 19.0 Å². The second kappa shape index (κ2) is 10.3. The number of hydrogen-bond acceptors (Lipinski definition) is 5. The molecule has 1 aromatic rings. The molecule has 1 saturated heterocycles. The number of amides is 1. The molecule has 0 unspecified atom stereocenters. The Labute approximate surface area is 161 Å². The van der Waals surface area contributed by atoms with E-state index < -0.39 is 0 Å². The van der Waals surface area contributed by atoms with E-state index in [1.165, 1.54) is 12.8 Å². The molecule has 1 aromatic heterocycles. The SMILES string of the molecule is CCNC(=NCCC(=O)NC1CCCC1)N1CCN(Cc2ccon2)CC1. The normalized spacial score (nSPS) is 19.4. The standard InChI is InChI=1S/C19H32N6O2/c1-2-20-19(21-9-7-18(26)22-16-5-3-4-6-16)25-12-10-24(11-13-25)15-17-8-14-27-23-17/h8,14,16H,2-7,9-13,15H2,1H3,(H,20,21)(H,22,26). The van der Waals surface area contributed by atoms with Gasteiger partial charge in [-0.3, -0.25) is 14.7 Å². The molecule has 2 heterocycles. The number of carbonyl (C=O) groups excluding carboxylic acids is 1. The highest BCUT2D eigenvalue weighted by Gasteiger charge is 2.20. The smallest absolute Gasteiger partial charge is 0.222 e. The summed E-state index contributed by atoms with van der Waals surface area (Å²) < 4.78 is 4.90. The van der Waals surface area contributed by atoms with E-state index in [0.717, 1.165) is 63.8 Å². The van der Waals surface area contributed by atoms with Gasteiger partial charge in [-0.1, -0.05) is 18.0 Å². The van der Waals surface area contributed by atoms with Gasteiger partial charge in [0.2, 0.25) is 5.91 Å². The van der Waals surface area contributed by atoms with E-state index in [9.17, 15) is 4.79 Å². The summed E-state index contributed by atoms with van der Waals surface area (Å²) in [6.07, 6.45) is 6.78. The van der Waals surface area contributed by atoms with E-state index >= 15 is 0 Å². The first-order valence-corrected chi connectivity index (χ1v) is 10.2. The van der Waals surface area contributed by atoms with Crippen LogP contribution >= 0.6 is 0 Å². The van der Waals surface area contributed by atoms with Crippen molar-refractivity contribution in [3.8, 4) is 0 Å². The van der Waals surface area contributed by atoms with Crippen LogP contribution < -0.4 is 10.6 Å². The highest BCUT2D eigenvalue weighted by Crippen LogP contribution is 2.17. The zero-order chi connectivity index (χ0) is 18.9. The van der Waals surface area contributed by atoms with Crippen molar-refractivity contribution in [1.29, 1.82) is 0 Å². The minimum atomic E-state index is 0.124. The minimum Gasteiger partial charge on any atom is -0.364 e. The molecule has 1 amide bonds. The molecule has 0 radical (unpaired) electrons. The molecule has 1 aliphatic heterocycles. The molecule has 2 fully saturated rings. The van der Waals surface area contributed by atoms with Gasteiger partial charge in [0.1, 0.15) is 6.26 Å². The van der Waals surface area contributed by atoms with Gasteiger partial charge in [-0.05, 0) is 19.8 Å². The van der Waals surface area contributed by atoms with Gasteiger partial charge in [0.05, 0.1) is 12.2 Å². The third kappa shape index (κ3) is 6.23. The fourth-order valence-electron chi connectivity index (χ4n) is 3.73. The topological polar surface area (TPSA) is 86.0 Å². The van der Waals surface area contributed by atoms with Gasteiger partial charge >= 0.3 is 0 Å². The average molecular weight is 377 g/mol. The summed E-state index contributed by atoms with van der Waals surface area (Å²) in [6.45, 7) is 7.99. The Balaban J connectivity index is 1.42. The van der Waals surface area contributed by atoms with Gasteiger partial charge in [-0.15, -0.1) is 0 Å². The maximum absolute atomic E-state index is 12.1. The van der Waals surface area contributed by atoms with Gasteiger partial charge in [0.15, 0.2) is 5.96 Å². The van der Waals surface area contributed by atoms with E-state index in [4.69, 9.17) is 4.52 Å². The zero-order valence-corrected chi connectivity index (χ0v) is 16.3. The molecule has 1 aliphatic carbocycles. The van der Waals surface area contributed by atoms with Crippen LogP contribution in [0.5, 0.6) is 0 Å². The Hall–Kier alpha value is -2.09. The molecule has 1 saturated carbocycles. The molecule has 8 nitrogen and oxygen atoms in total. The van der Waals surface area contributed by atoms with Gasteiger partial charge in [-0.2, -0.15) is 0 Å². The molecule has 2 aliphatic rings. The van der Waals surface area contributed by atoms with E-state index in [-0.39, 0.29) is 5.91 Å². The van der Waals surface area contributed by atoms with Gasteiger partial charge < -0.3 is 20.1 Å². The monoisotopic (exact) mass is 376 g/mol. The summed E-state index contributed by atoms with van der Waals surface area (Å²) in [5.74, 6) is 1.03. The van der Waals surface area contributed by atoms with E-state index in [1.807, 2.05) is 6.07 Å². The first kappa shape index (κ1) is 19.7. The van der Waals surface area contributed by atoms with E-state index in [1.54, 1.807) is 6.26 Å². The maximum atomic E-state index is 12.1. The summed E-state index contributed by atoms with van der Waals surface area (Å²) in [6, 6.07) is 2.29. The second-order valence-electron chi connectivity index (χ2n) is 7.29. The Morgan fingerprint density at radius 3 is 2.74 bits per heavy atom. The fraction of sp³-hybridized carbons (Fsp3) is 0.737. The summed E-state index contributed by atoms with van der Waals surface area (Å²) in [5, 5.41) is 10.5. The molecule has 3 rings (SSSR count). The van der Waals surface area contributed by atoms with Crippen molar-refractivity contribution >= 4 is 11.9 Å².